The van der Waals surface area contributed by atoms with Crippen molar-refractivity contribution in [3.63, 3.8) is 0 Å². The number of hydrogen-bond donors (Lipinski definition) is 2. The van der Waals surface area contributed by atoms with E-state index in [0.717, 1.165) is 11.3 Å². The van der Waals surface area contributed by atoms with Crippen molar-refractivity contribution in [1.82, 2.24) is 5.32 Å². The molecule has 5 nitrogen and oxygen atoms in total. The third kappa shape index (κ3) is 4.69. The number of furan rings is 1. The van der Waals surface area contributed by atoms with Gasteiger partial charge in [-0.15, -0.1) is 0 Å². The molecular weight excluding hydrogens is 326 g/mol. The predicted molar refractivity (Wildman–Crippen MR) is 93.7 cm³/mol. The van der Waals surface area contributed by atoms with E-state index < -0.39 is 15.4 Å². The highest BCUT2D eigenvalue weighted by atomic mass is 32.2. The van der Waals surface area contributed by atoms with Crippen molar-refractivity contribution in [2.45, 2.75) is 44.2 Å². The molecule has 2 rings (SSSR count). The Balaban J connectivity index is 1.97. The molecule has 0 bridgehead atoms. The lowest BCUT2D eigenvalue weighted by Crippen LogP contribution is -2.42. The van der Waals surface area contributed by atoms with E-state index >= 15 is 0 Å². The second-order valence-corrected chi connectivity index (χ2v) is 8.59. The maximum Gasteiger partial charge on any atom is 0.179 e. The molecule has 2 atom stereocenters. The van der Waals surface area contributed by atoms with Crippen LogP contribution in [0.1, 0.15) is 30.9 Å². The molecule has 0 unspecified atom stereocenters. The van der Waals surface area contributed by atoms with Crippen molar-refractivity contribution in [2.75, 3.05) is 12.3 Å². The molecule has 6 heteroatoms. The molecule has 2 aromatic rings. The van der Waals surface area contributed by atoms with Crippen molar-refractivity contribution in [1.29, 1.82) is 0 Å². The van der Waals surface area contributed by atoms with Crippen molar-refractivity contribution in [3.05, 3.63) is 53.5 Å². The summed E-state index contributed by atoms with van der Waals surface area (Å²) in [6, 6.07) is 10.0. The fraction of sp³-hybridized carbons (Fsp3) is 0.444. The molecule has 1 heterocycles. The van der Waals surface area contributed by atoms with Crippen molar-refractivity contribution in [2.24, 2.45) is 0 Å². The number of aryl methyl sites for hydroxylation is 2. The highest BCUT2D eigenvalue weighted by Gasteiger charge is 2.28. The number of nitrogens with one attached hydrogen (secondary N) is 1. The molecule has 0 radical (unpaired) electrons. The Morgan fingerprint density at radius 1 is 1.17 bits per heavy atom. The summed E-state index contributed by atoms with van der Waals surface area (Å²) in [6.45, 7) is 7.35. The van der Waals surface area contributed by atoms with Crippen LogP contribution in [-0.4, -0.2) is 31.9 Å². The Hall–Kier alpha value is -1.63. The summed E-state index contributed by atoms with van der Waals surface area (Å²) in [5.41, 5.74) is -0.180. The van der Waals surface area contributed by atoms with Gasteiger partial charge in [-0.3, -0.25) is 0 Å². The first-order valence-corrected chi connectivity index (χ1v) is 9.57. The van der Waals surface area contributed by atoms with E-state index in [2.05, 4.69) is 5.32 Å². The molecule has 24 heavy (non-hydrogen) atoms. The molecule has 1 aromatic heterocycles. The Bertz CT molecular complexity index is 776. The van der Waals surface area contributed by atoms with E-state index in [4.69, 9.17) is 4.42 Å². The molecule has 0 saturated heterocycles. The van der Waals surface area contributed by atoms with E-state index in [1.54, 1.807) is 50.2 Å². The van der Waals surface area contributed by atoms with Gasteiger partial charge in [0.05, 0.1) is 10.6 Å². The molecule has 1 aromatic carbocycles. The average Bonchev–Trinajstić information content (AvgIpc) is 2.93. The maximum atomic E-state index is 12.4. The van der Waals surface area contributed by atoms with E-state index in [9.17, 15) is 13.5 Å². The van der Waals surface area contributed by atoms with Gasteiger partial charge >= 0.3 is 0 Å². The molecule has 0 spiro atoms. The minimum Gasteiger partial charge on any atom is -0.463 e. The van der Waals surface area contributed by atoms with Crippen LogP contribution in [0.25, 0.3) is 0 Å². The molecule has 0 amide bonds. The van der Waals surface area contributed by atoms with Gasteiger partial charge in [-0.2, -0.15) is 0 Å². The summed E-state index contributed by atoms with van der Waals surface area (Å²) in [7, 11) is -3.37. The van der Waals surface area contributed by atoms with E-state index in [1.165, 1.54) is 0 Å². The summed E-state index contributed by atoms with van der Waals surface area (Å²) in [5, 5.41) is 13.6. The van der Waals surface area contributed by atoms with Crippen LogP contribution in [0.5, 0.6) is 0 Å². The summed E-state index contributed by atoms with van der Waals surface area (Å²) in [5.74, 6) is 1.14. The first-order valence-electron chi connectivity index (χ1n) is 7.92. The fourth-order valence-corrected chi connectivity index (χ4v) is 3.93. The van der Waals surface area contributed by atoms with Gasteiger partial charge < -0.3 is 14.8 Å². The number of sulfone groups is 1. The number of rotatable bonds is 7. The topological polar surface area (TPSA) is 79.5 Å². The smallest absolute Gasteiger partial charge is 0.179 e. The molecule has 0 aliphatic heterocycles. The predicted octanol–water partition coefficient (Wildman–Crippen LogP) is 2.56. The Kier molecular flexibility index (Phi) is 5.52. The van der Waals surface area contributed by atoms with Gasteiger partial charge in [-0.05, 0) is 52.0 Å². The zero-order valence-electron chi connectivity index (χ0n) is 14.5. The number of aliphatic hydroxyl groups is 1. The normalized spacial score (nSPS) is 15.9. The Morgan fingerprint density at radius 3 is 2.33 bits per heavy atom. The molecule has 0 saturated carbocycles. The Morgan fingerprint density at radius 2 is 1.79 bits per heavy atom. The number of hydrogen-bond acceptors (Lipinski definition) is 5. The third-order valence-corrected chi connectivity index (χ3v) is 5.84. The lowest BCUT2D eigenvalue weighted by Gasteiger charge is -2.24. The van der Waals surface area contributed by atoms with Crippen LogP contribution < -0.4 is 5.32 Å². The second-order valence-electron chi connectivity index (χ2n) is 6.56. The molecule has 0 aliphatic carbocycles. The molecule has 0 aliphatic rings. The fourth-order valence-electron chi connectivity index (χ4n) is 2.41. The van der Waals surface area contributed by atoms with Gasteiger partial charge in [0.15, 0.2) is 9.84 Å². The minimum atomic E-state index is -3.37. The van der Waals surface area contributed by atoms with Crippen LogP contribution in [0.15, 0.2) is 45.7 Å². The minimum absolute atomic E-state index is 0.0384. The van der Waals surface area contributed by atoms with Gasteiger partial charge in [-0.25, -0.2) is 8.42 Å². The second kappa shape index (κ2) is 7.09. The lowest BCUT2D eigenvalue weighted by molar-refractivity contribution is 0.0319. The van der Waals surface area contributed by atoms with Crippen LogP contribution in [0.2, 0.25) is 0 Å². The van der Waals surface area contributed by atoms with Gasteiger partial charge in [0, 0.05) is 12.6 Å². The zero-order valence-corrected chi connectivity index (χ0v) is 15.4. The van der Waals surface area contributed by atoms with E-state index in [0.29, 0.717) is 10.7 Å². The van der Waals surface area contributed by atoms with Gasteiger partial charge in [-0.1, -0.05) is 17.7 Å². The van der Waals surface area contributed by atoms with Crippen molar-refractivity contribution >= 4 is 9.84 Å². The first kappa shape index (κ1) is 18.7. The largest absolute Gasteiger partial charge is 0.463 e. The number of benzene rings is 1. The zero-order chi connectivity index (χ0) is 18.0. The van der Waals surface area contributed by atoms with Crippen LogP contribution in [0.3, 0.4) is 0 Å². The summed E-state index contributed by atoms with van der Waals surface area (Å²) in [4.78, 5) is 0.315. The Labute approximate surface area is 143 Å². The highest BCUT2D eigenvalue weighted by molar-refractivity contribution is 7.91. The van der Waals surface area contributed by atoms with Crippen LogP contribution >= 0.6 is 0 Å². The van der Waals surface area contributed by atoms with Gasteiger partial charge in [0.2, 0.25) is 0 Å². The highest BCUT2D eigenvalue weighted by Crippen LogP contribution is 2.22. The molecule has 2 N–H and O–H groups in total. The van der Waals surface area contributed by atoms with E-state index in [-0.39, 0.29) is 18.3 Å². The third-order valence-electron chi connectivity index (χ3n) is 3.92. The van der Waals surface area contributed by atoms with Crippen LogP contribution in [0.4, 0.5) is 0 Å². The SMILES string of the molecule is Cc1ccc(S(=O)(=O)C[C@@H](C)NC[C@](C)(O)c2ccc(C)o2)cc1. The first-order chi connectivity index (χ1) is 11.1. The summed E-state index contributed by atoms with van der Waals surface area (Å²) >= 11 is 0. The van der Waals surface area contributed by atoms with Crippen molar-refractivity contribution < 1.29 is 17.9 Å². The quantitative estimate of drug-likeness (QED) is 0.801. The summed E-state index contributed by atoms with van der Waals surface area (Å²) < 4.78 is 30.3. The van der Waals surface area contributed by atoms with E-state index in [1.807, 2.05) is 13.8 Å². The molecule has 0 fully saturated rings. The van der Waals surface area contributed by atoms with Crippen LogP contribution in [0, 0.1) is 13.8 Å². The van der Waals surface area contributed by atoms with Crippen LogP contribution in [-0.2, 0) is 15.4 Å². The van der Waals surface area contributed by atoms with Crippen molar-refractivity contribution in [3.8, 4) is 0 Å². The molecule has 132 valence electrons. The average molecular weight is 351 g/mol. The van der Waals surface area contributed by atoms with Gasteiger partial charge in [0.25, 0.3) is 0 Å². The maximum absolute atomic E-state index is 12.4. The monoisotopic (exact) mass is 351 g/mol. The lowest BCUT2D eigenvalue weighted by atomic mass is 10.0. The molecular formula is C18H25NO4S. The van der Waals surface area contributed by atoms with Gasteiger partial charge in [0.1, 0.15) is 17.1 Å². The standard InChI is InChI=1S/C18H25NO4S/c1-13-5-8-16(9-6-13)24(21,22)11-14(2)19-12-18(4,20)17-10-7-15(3)23-17/h5-10,14,19-20H,11-12H2,1-4H3/t14-,18+/m1/s1. The summed E-state index contributed by atoms with van der Waals surface area (Å²) in [6.07, 6.45) is 0.